The molecule has 1 aromatic carbocycles. The Kier molecular flexibility index (Phi) is 4.87. The average Bonchev–Trinajstić information content (AvgIpc) is 2.98. The number of benzene rings is 1. The number of aliphatic hydroxyl groups is 1. The summed E-state index contributed by atoms with van der Waals surface area (Å²) in [7, 11) is 0. The highest BCUT2D eigenvalue weighted by Gasteiger charge is 2.17. The Labute approximate surface area is 151 Å². The molecule has 3 aromatic rings. The maximum absolute atomic E-state index is 9.52. The molecule has 132 valence electrons. The second kappa shape index (κ2) is 7.25. The van der Waals surface area contributed by atoms with E-state index in [0.29, 0.717) is 22.6 Å². The molecule has 3 rings (SSSR count). The molecule has 2 heterocycles. The molecule has 2 aromatic heterocycles. The topological polar surface area (TPSA) is 121 Å². The van der Waals surface area contributed by atoms with Gasteiger partial charge >= 0.3 is 0 Å². The van der Waals surface area contributed by atoms with Gasteiger partial charge < -0.3 is 15.6 Å². The minimum atomic E-state index is -0.0476. The third-order valence-corrected chi connectivity index (χ3v) is 4.07. The number of nitrogens with one attached hydrogen (secondary N) is 1. The molecule has 0 aliphatic carbocycles. The van der Waals surface area contributed by atoms with E-state index >= 15 is 0 Å². The molecule has 0 saturated heterocycles. The van der Waals surface area contributed by atoms with E-state index in [1.807, 2.05) is 32.0 Å². The predicted molar refractivity (Wildman–Crippen MR) is 98.4 cm³/mol. The molecule has 0 amide bonds. The second-order valence-electron chi connectivity index (χ2n) is 5.83. The molecule has 0 atom stereocenters. The first-order valence-corrected chi connectivity index (χ1v) is 8.11. The van der Waals surface area contributed by atoms with Crippen LogP contribution in [0.1, 0.15) is 17.0 Å². The van der Waals surface area contributed by atoms with Crippen molar-refractivity contribution in [3.05, 3.63) is 47.3 Å². The van der Waals surface area contributed by atoms with Crippen LogP contribution in [-0.2, 0) is 0 Å². The fourth-order valence-electron chi connectivity index (χ4n) is 2.86. The van der Waals surface area contributed by atoms with Gasteiger partial charge in [-0.15, -0.1) is 0 Å². The smallest absolute Gasteiger partial charge is 0.142 e. The SMILES string of the molecule is Cc1n[nH]c(C)c1-c1cc(-c2ccc(OCCO)cc2)c(C#N)c(N)n1. The van der Waals surface area contributed by atoms with Crippen LogP contribution in [0.3, 0.4) is 0 Å². The van der Waals surface area contributed by atoms with E-state index in [1.54, 1.807) is 12.1 Å². The van der Waals surface area contributed by atoms with Crippen LogP contribution >= 0.6 is 0 Å². The van der Waals surface area contributed by atoms with Gasteiger partial charge in [-0.1, -0.05) is 12.1 Å². The lowest BCUT2D eigenvalue weighted by Gasteiger charge is -2.11. The first-order chi connectivity index (χ1) is 12.5. The fourth-order valence-corrected chi connectivity index (χ4v) is 2.86. The van der Waals surface area contributed by atoms with E-state index in [1.165, 1.54) is 0 Å². The number of nitriles is 1. The summed E-state index contributed by atoms with van der Waals surface area (Å²) >= 11 is 0. The standard InChI is InChI=1S/C19H19N5O2/c1-11-18(12(2)24-23-11)17-9-15(16(10-20)19(21)22-17)13-3-5-14(6-4-13)26-8-7-25/h3-6,9,25H,7-8H2,1-2H3,(H2,21,22)(H,23,24). The minimum absolute atomic E-state index is 0.0476. The van der Waals surface area contributed by atoms with Gasteiger partial charge in [0.25, 0.3) is 0 Å². The van der Waals surface area contributed by atoms with Gasteiger partial charge in [-0.05, 0) is 37.6 Å². The zero-order valence-corrected chi connectivity index (χ0v) is 14.6. The lowest BCUT2D eigenvalue weighted by atomic mass is 9.98. The minimum Gasteiger partial charge on any atom is -0.491 e. The van der Waals surface area contributed by atoms with Gasteiger partial charge in [0.05, 0.1) is 18.0 Å². The normalized spacial score (nSPS) is 10.5. The first-order valence-electron chi connectivity index (χ1n) is 8.11. The molecule has 0 bridgehead atoms. The van der Waals surface area contributed by atoms with Crippen molar-refractivity contribution >= 4 is 5.82 Å². The quantitative estimate of drug-likeness (QED) is 0.651. The molecule has 0 saturated carbocycles. The summed E-state index contributed by atoms with van der Waals surface area (Å²) in [5.74, 6) is 0.825. The Morgan fingerprint density at radius 2 is 2.00 bits per heavy atom. The van der Waals surface area contributed by atoms with Crippen molar-refractivity contribution in [2.75, 3.05) is 18.9 Å². The highest BCUT2D eigenvalue weighted by molar-refractivity contribution is 5.81. The summed E-state index contributed by atoms with van der Waals surface area (Å²) in [6.07, 6.45) is 0. The monoisotopic (exact) mass is 349 g/mol. The summed E-state index contributed by atoms with van der Waals surface area (Å²) in [5.41, 5.74) is 11.2. The molecule has 0 fully saturated rings. The molecular formula is C19H19N5O2. The van der Waals surface area contributed by atoms with Gasteiger partial charge in [0, 0.05) is 16.8 Å². The Bertz CT molecular complexity index is 951. The van der Waals surface area contributed by atoms with Crippen LogP contribution < -0.4 is 10.5 Å². The first kappa shape index (κ1) is 17.5. The van der Waals surface area contributed by atoms with E-state index in [9.17, 15) is 5.26 Å². The molecule has 0 spiro atoms. The van der Waals surface area contributed by atoms with E-state index < -0.39 is 0 Å². The van der Waals surface area contributed by atoms with Crippen LogP contribution in [0.2, 0.25) is 0 Å². The number of hydrogen-bond donors (Lipinski definition) is 3. The van der Waals surface area contributed by atoms with Gasteiger partial charge in [-0.2, -0.15) is 10.4 Å². The van der Waals surface area contributed by atoms with Crippen LogP contribution in [0.15, 0.2) is 30.3 Å². The van der Waals surface area contributed by atoms with Gasteiger partial charge in [0.15, 0.2) is 0 Å². The number of nitrogens with zero attached hydrogens (tertiary/aromatic N) is 3. The Balaban J connectivity index is 2.10. The van der Waals surface area contributed by atoms with Gasteiger partial charge in [0.1, 0.15) is 29.8 Å². The Morgan fingerprint density at radius 3 is 2.58 bits per heavy atom. The third kappa shape index (κ3) is 3.23. The highest BCUT2D eigenvalue weighted by atomic mass is 16.5. The van der Waals surface area contributed by atoms with E-state index in [0.717, 1.165) is 22.5 Å². The number of ether oxygens (including phenoxy) is 1. The van der Waals surface area contributed by atoms with Crippen molar-refractivity contribution in [2.24, 2.45) is 0 Å². The van der Waals surface area contributed by atoms with Gasteiger partial charge in [-0.25, -0.2) is 4.98 Å². The van der Waals surface area contributed by atoms with Crippen LogP contribution in [0.25, 0.3) is 22.4 Å². The van der Waals surface area contributed by atoms with Crippen molar-refractivity contribution < 1.29 is 9.84 Å². The zero-order valence-electron chi connectivity index (χ0n) is 14.6. The number of aryl methyl sites for hydroxylation is 2. The number of hydrogen-bond acceptors (Lipinski definition) is 6. The number of nitrogen functional groups attached to an aromatic ring is 1. The van der Waals surface area contributed by atoms with Crippen LogP contribution in [-0.4, -0.2) is 33.5 Å². The number of aliphatic hydroxyl groups excluding tert-OH is 1. The summed E-state index contributed by atoms with van der Waals surface area (Å²) in [6, 6.07) is 11.3. The summed E-state index contributed by atoms with van der Waals surface area (Å²) < 4.78 is 5.38. The molecule has 4 N–H and O–H groups in total. The van der Waals surface area contributed by atoms with Crippen LogP contribution in [0.4, 0.5) is 5.82 Å². The summed E-state index contributed by atoms with van der Waals surface area (Å²) in [6.45, 7) is 3.99. The number of H-pyrrole nitrogens is 1. The summed E-state index contributed by atoms with van der Waals surface area (Å²) in [5, 5.41) is 25.5. The average molecular weight is 349 g/mol. The maximum Gasteiger partial charge on any atom is 0.142 e. The molecule has 0 unspecified atom stereocenters. The molecule has 0 radical (unpaired) electrons. The van der Waals surface area contributed by atoms with Crippen molar-refractivity contribution in [3.8, 4) is 34.2 Å². The molecule has 26 heavy (non-hydrogen) atoms. The number of aromatic nitrogens is 3. The van der Waals surface area contributed by atoms with Crippen molar-refractivity contribution in [1.29, 1.82) is 5.26 Å². The highest BCUT2D eigenvalue weighted by Crippen LogP contribution is 2.33. The number of aromatic amines is 1. The Morgan fingerprint density at radius 1 is 1.27 bits per heavy atom. The lowest BCUT2D eigenvalue weighted by Crippen LogP contribution is -2.02. The number of anilines is 1. The van der Waals surface area contributed by atoms with Gasteiger partial charge in [-0.3, -0.25) is 5.10 Å². The third-order valence-electron chi connectivity index (χ3n) is 4.07. The molecule has 7 nitrogen and oxygen atoms in total. The molecule has 0 aliphatic rings. The van der Waals surface area contributed by atoms with Crippen molar-refractivity contribution in [2.45, 2.75) is 13.8 Å². The summed E-state index contributed by atoms with van der Waals surface area (Å²) in [4.78, 5) is 4.40. The maximum atomic E-state index is 9.52. The van der Waals surface area contributed by atoms with E-state index in [2.05, 4.69) is 21.3 Å². The fraction of sp³-hybridized carbons (Fsp3) is 0.211. The predicted octanol–water partition coefficient (Wildman–Crippen LogP) is 2.58. The molecular weight excluding hydrogens is 330 g/mol. The zero-order chi connectivity index (χ0) is 18.7. The van der Waals surface area contributed by atoms with Crippen molar-refractivity contribution in [1.82, 2.24) is 15.2 Å². The van der Waals surface area contributed by atoms with E-state index in [4.69, 9.17) is 15.6 Å². The van der Waals surface area contributed by atoms with Gasteiger partial charge in [0.2, 0.25) is 0 Å². The largest absolute Gasteiger partial charge is 0.491 e. The van der Waals surface area contributed by atoms with Crippen molar-refractivity contribution in [3.63, 3.8) is 0 Å². The van der Waals surface area contributed by atoms with Crippen LogP contribution in [0.5, 0.6) is 5.75 Å². The Hall–Kier alpha value is -3.37. The number of nitrogens with two attached hydrogens (primary N) is 1. The van der Waals surface area contributed by atoms with E-state index in [-0.39, 0.29) is 19.0 Å². The second-order valence-corrected chi connectivity index (χ2v) is 5.83. The molecule has 0 aliphatic heterocycles. The number of pyridine rings is 1. The number of rotatable bonds is 5. The molecule has 7 heteroatoms. The van der Waals surface area contributed by atoms with Crippen LogP contribution in [0, 0.1) is 25.2 Å². The lowest BCUT2D eigenvalue weighted by molar-refractivity contribution is 0.201.